The Balaban J connectivity index is 1.59. The van der Waals surface area contributed by atoms with E-state index in [-0.39, 0.29) is 43.6 Å². The zero-order chi connectivity index (χ0) is 21.9. The summed E-state index contributed by atoms with van der Waals surface area (Å²) in [7, 11) is -3.60. The smallest absolute Gasteiger partial charge is 0.260 e. The molecule has 0 N–H and O–H groups in total. The topological polar surface area (TPSA) is 84.0 Å². The summed E-state index contributed by atoms with van der Waals surface area (Å²) in [6.07, 6.45) is 0.668. The fraction of sp³-hybridized carbons (Fsp3) is 0.333. The van der Waals surface area contributed by atoms with Crippen LogP contribution in [0.2, 0.25) is 0 Å². The number of benzene rings is 2. The zero-order valence-corrected chi connectivity index (χ0v) is 19.2. The number of hydrogen-bond acceptors (Lipinski definition) is 5. The van der Waals surface area contributed by atoms with E-state index in [1.54, 1.807) is 41.3 Å². The average molecular weight is 495 g/mol. The average Bonchev–Trinajstić information content (AvgIpc) is 2.74. The number of carbonyl (C=O) groups is 2. The molecule has 9 heteroatoms. The van der Waals surface area contributed by atoms with Crippen molar-refractivity contribution in [3.05, 3.63) is 57.6 Å². The summed E-state index contributed by atoms with van der Waals surface area (Å²) in [5.41, 5.74) is 2.30. The number of aryl methyl sites for hydroxylation is 2. The molecule has 1 aliphatic rings. The predicted octanol–water partition coefficient (Wildman–Crippen LogP) is 2.79. The van der Waals surface area contributed by atoms with Crippen molar-refractivity contribution in [3.8, 4) is 5.75 Å². The van der Waals surface area contributed by atoms with Gasteiger partial charge in [-0.15, -0.1) is 0 Å². The van der Waals surface area contributed by atoms with Gasteiger partial charge in [0, 0.05) is 30.7 Å². The van der Waals surface area contributed by atoms with E-state index >= 15 is 0 Å². The largest absolute Gasteiger partial charge is 0.483 e. The van der Waals surface area contributed by atoms with Crippen LogP contribution in [0, 0.1) is 13.8 Å². The number of aldehydes is 1. The Morgan fingerprint density at radius 2 is 1.77 bits per heavy atom. The van der Waals surface area contributed by atoms with Gasteiger partial charge in [-0.2, -0.15) is 4.31 Å². The van der Waals surface area contributed by atoms with Crippen LogP contribution in [-0.4, -0.2) is 62.6 Å². The molecule has 0 saturated carbocycles. The van der Waals surface area contributed by atoms with E-state index in [4.69, 9.17) is 4.74 Å². The van der Waals surface area contributed by atoms with Crippen LogP contribution in [0.25, 0.3) is 0 Å². The third-order valence-electron chi connectivity index (χ3n) is 5.16. The van der Waals surface area contributed by atoms with Gasteiger partial charge in [0.2, 0.25) is 10.0 Å². The Morgan fingerprint density at radius 3 is 2.40 bits per heavy atom. The second kappa shape index (κ2) is 9.28. The lowest BCUT2D eigenvalue weighted by Gasteiger charge is -2.34. The molecule has 2 aromatic carbocycles. The van der Waals surface area contributed by atoms with Gasteiger partial charge in [0.25, 0.3) is 5.91 Å². The number of piperazine rings is 1. The molecule has 0 bridgehead atoms. The summed E-state index contributed by atoms with van der Waals surface area (Å²) in [5.74, 6) is 0.0792. The highest BCUT2D eigenvalue weighted by molar-refractivity contribution is 9.10. The monoisotopic (exact) mass is 494 g/mol. The highest BCUT2D eigenvalue weighted by Crippen LogP contribution is 2.23. The van der Waals surface area contributed by atoms with Gasteiger partial charge < -0.3 is 9.64 Å². The van der Waals surface area contributed by atoms with Crippen LogP contribution in [0.3, 0.4) is 0 Å². The summed E-state index contributed by atoms with van der Waals surface area (Å²) in [4.78, 5) is 25.5. The van der Waals surface area contributed by atoms with Crippen LogP contribution in [0.1, 0.15) is 21.5 Å². The zero-order valence-electron chi connectivity index (χ0n) is 16.8. The van der Waals surface area contributed by atoms with E-state index in [0.29, 0.717) is 17.6 Å². The number of ether oxygens (including phenoxy) is 1. The fourth-order valence-electron chi connectivity index (χ4n) is 3.17. The fourth-order valence-corrected chi connectivity index (χ4v) is 5.06. The van der Waals surface area contributed by atoms with Gasteiger partial charge in [0.05, 0.1) is 10.5 Å². The number of rotatable bonds is 6. The van der Waals surface area contributed by atoms with Crippen molar-refractivity contribution in [3.63, 3.8) is 0 Å². The van der Waals surface area contributed by atoms with Crippen LogP contribution in [-0.2, 0) is 14.8 Å². The molecule has 0 aliphatic carbocycles. The number of halogens is 1. The van der Waals surface area contributed by atoms with Crippen molar-refractivity contribution in [2.24, 2.45) is 0 Å². The van der Waals surface area contributed by atoms with Crippen molar-refractivity contribution in [1.82, 2.24) is 9.21 Å². The molecule has 0 radical (unpaired) electrons. The van der Waals surface area contributed by atoms with Crippen LogP contribution in [0.4, 0.5) is 0 Å². The summed E-state index contributed by atoms with van der Waals surface area (Å²) in [6.45, 7) is 4.61. The molecule has 1 aliphatic heterocycles. The first-order valence-corrected chi connectivity index (χ1v) is 11.7. The highest BCUT2D eigenvalue weighted by Gasteiger charge is 2.30. The maximum Gasteiger partial charge on any atom is 0.260 e. The second-order valence-corrected chi connectivity index (χ2v) is 9.97. The quantitative estimate of drug-likeness (QED) is 0.576. The van der Waals surface area contributed by atoms with Crippen molar-refractivity contribution < 1.29 is 22.7 Å². The first-order chi connectivity index (χ1) is 14.2. The van der Waals surface area contributed by atoms with Crippen molar-refractivity contribution in [2.75, 3.05) is 32.8 Å². The molecular weight excluding hydrogens is 472 g/mol. The molecule has 160 valence electrons. The van der Waals surface area contributed by atoms with Crippen molar-refractivity contribution in [2.45, 2.75) is 18.7 Å². The molecule has 1 heterocycles. The molecule has 0 unspecified atom stereocenters. The molecule has 3 rings (SSSR count). The highest BCUT2D eigenvalue weighted by atomic mass is 79.9. The SMILES string of the molecule is Cc1ccc(S(=O)(=O)N2CCN(C(=O)COc3ccc(Br)cc3C=O)CC2)cc1C. The van der Waals surface area contributed by atoms with E-state index in [2.05, 4.69) is 15.9 Å². The van der Waals surface area contributed by atoms with Gasteiger partial charge >= 0.3 is 0 Å². The number of carbonyl (C=O) groups excluding carboxylic acids is 2. The maximum atomic E-state index is 12.9. The number of nitrogens with zero attached hydrogens (tertiary/aromatic N) is 2. The molecule has 0 aromatic heterocycles. The Labute approximate surface area is 184 Å². The van der Waals surface area contributed by atoms with Crippen LogP contribution >= 0.6 is 15.9 Å². The second-order valence-electron chi connectivity index (χ2n) is 7.12. The molecule has 1 saturated heterocycles. The summed E-state index contributed by atoms with van der Waals surface area (Å²) in [5, 5.41) is 0. The summed E-state index contributed by atoms with van der Waals surface area (Å²) >= 11 is 3.28. The summed E-state index contributed by atoms with van der Waals surface area (Å²) in [6, 6.07) is 10.1. The van der Waals surface area contributed by atoms with Crippen molar-refractivity contribution >= 4 is 38.1 Å². The van der Waals surface area contributed by atoms with Gasteiger partial charge in [0.1, 0.15) is 5.75 Å². The Hall–Kier alpha value is -2.23. The molecule has 7 nitrogen and oxygen atoms in total. The molecule has 0 spiro atoms. The van der Waals surface area contributed by atoms with Gasteiger partial charge in [-0.05, 0) is 55.3 Å². The van der Waals surface area contributed by atoms with E-state index in [0.717, 1.165) is 15.6 Å². The first-order valence-electron chi connectivity index (χ1n) is 9.45. The van der Waals surface area contributed by atoms with E-state index in [1.165, 1.54) is 4.31 Å². The van der Waals surface area contributed by atoms with Crippen molar-refractivity contribution in [1.29, 1.82) is 0 Å². The van der Waals surface area contributed by atoms with Crippen LogP contribution < -0.4 is 4.74 Å². The molecule has 1 amide bonds. The lowest BCUT2D eigenvalue weighted by molar-refractivity contribution is -0.134. The Kier molecular flexibility index (Phi) is 6.95. The molecule has 0 atom stereocenters. The number of amides is 1. The van der Waals surface area contributed by atoms with E-state index in [1.807, 2.05) is 13.8 Å². The first kappa shape index (κ1) is 22.5. The maximum absolute atomic E-state index is 12.9. The van der Waals surface area contributed by atoms with Gasteiger partial charge in [-0.25, -0.2) is 8.42 Å². The van der Waals surface area contributed by atoms with E-state index in [9.17, 15) is 18.0 Å². The lowest BCUT2D eigenvalue weighted by Crippen LogP contribution is -2.51. The lowest BCUT2D eigenvalue weighted by atomic mass is 10.1. The minimum atomic E-state index is -3.60. The van der Waals surface area contributed by atoms with Gasteiger partial charge in [0.15, 0.2) is 12.9 Å². The molecular formula is C21H23BrN2O5S. The minimum Gasteiger partial charge on any atom is -0.483 e. The predicted molar refractivity (Wildman–Crippen MR) is 116 cm³/mol. The number of sulfonamides is 1. The van der Waals surface area contributed by atoms with Crippen LogP contribution in [0.15, 0.2) is 45.8 Å². The number of hydrogen-bond donors (Lipinski definition) is 0. The standard InChI is InChI=1S/C21H23BrN2O5S/c1-15-3-5-19(11-16(15)2)30(27,28)24-9-7-23(8-10-24)21(26)14-29-20-6-4-18(22)12-17(20)13-25/h3-6,11-13H,7-10,14H2,1-2H3. The van der Waals surface area contributed by atoms with E-state index < -0.39 is 10.0 Å². The minimum absolute atomic E-state index is 0.216. The van der Waals surface area contributed by atoms with Crippen LogP contribution in [0.5, 0.6) is 5.75 Å². The normalized spacial score (nSPS) is 15.1. The van der Waals surface area contributed by atoms with Gasteiger partial charge in [-0.1, -0.05) is 22.0 Å². The third-order valence-corrected chi connectivity index (χ3v) is 7.55. The molecule has 1 fully saturated rings. The third kappa shape index (κ3) is 4.91. The molecule has 30 heavy (non-hydrogen) atoms. The van der Waals surface area contributed by atoms with Gasteiger partial charge in [-0.3, -0.25) is 9.59 Å². The Morgan fingerprint density at radius 1 is 1.07 bits per heavy atom. The molecule has 2 aromatic rings. The summed E-state index contributed by atoms with van der Waals surface area (Å²) < 4.78 is 33.4. The Bertz CT molecular complexity index is 1060.